The van der Waals surface area contributed by atoms with Gasteiger partial charge in [0.15, 0.2) is 0 Å². The Morgan fingerprint density at radius 3 is 2.60 bits per heavy atom. The number of ether oxygens (including phenoxy) is 1. The fraction of sp³-hybridized carbons (Fsp3) is 0.263. The van der Waals surface area contributed by atoms with Gasteiger partial charge in [0.25, 0.3) is 0 Å². The predicted octanol–water partition coefficient (Wildman–Crippen LogP) is 4.16. The molecule has 0 aliphatic carbocycles. The summed E-state index contributed by atoms with van der Waals surface area (Å²) in [6.45, 7) is 3.63. The molecule has 0 bridgehead atoms. The van der Waals surface area contributed by atoms with Crippen LogP contribution in [-0.2, 0) is 11.2 Å². The smallest absolute Gasteiger partial charge is 0.246 e. The second kappa shape index (κ2) is 8.41. The molecule has 0 saturated carbocycles. The van der Waals surface area contributed by atoms with E-state index in [-0.39, 0.29) is 5.91 Å². The van der Waals surface area contributed by atoms with Gasteiger partial charge in [-0.25, -0.2) is 0 Å². The number of amides is 1. The van der Waals surface area contributed by atoms with Gasteiger partial charge in [0.1, 0.15) is 11.8 Å². The highest BCUT2D eigenvalue weighted by atomic mass is 35.5. The number of aryl methyl sites for hydroxylation is 1. The first-order valence-corrected chi connectivity index (χ1v) is 8.19. The average Bonchev–Trinajstić information content (AvgIpc) is 2.59. The van der Waals surface area contributed by atoms with Crippen molar-refractivity contribution in [2.24, 2.45) is 0 Å². The summed E-state index contributed by atoms with van der Waals surface area (Å²) in [4.78, 5) is 12.4. The van der Waals surface area contributed by atoms with Crippen molar-refractivity contribution in [1.82, 2.24) is 0 Å². The zero-order chi connectivity index (χ0) is 18.4. The van der Waals surface area contributed by atoms with E-state index < -0.39 is 6.04 Å². The Kier molecular flexibility index (Phi) is 6.26. The molecule has 0 unspecified atom stereocenters. The Bertz CT molecular complexity index is 798. The van der Waals surface area contributed by atoms with Gasteiger partial charge in [-0.2, -0.15) is 5.26 Å². The molecule has 0 spiro atoms. The molecule has 6 heteroatoms. The molecule has 2 N–H and O–H groups in total. The van der Waals surface area contributed by atoms with Crippen LogP contribution < -0.4 is 15.4 Å². The van der Waals surface area contributed by atoms with Gasteiger partial charge in [-0.3, -0.25) is 4.79 Å². The van der Waals surface area contributed by atoms with Crippen molar-refractivity contribution in [2.45, 2.75) is 26.3 Å². The highest BCUT2D eigenvalue weighted by Crippen LogP contribution is 2.31. The summed E-state index contributed by atoms with van der Waals surface area (Å²) in [5.74, 6) is 0.318. The number of hydrogen-bond donors (Lipinski definition) is 2. The van der Waals surface area contributed by atoms with E-state index in [4.69, 9.17) is 21.6 Å². The molecule has 130 valence electrons. The van der Waals surface area contributed by atoms with E-state index in [2.05, 4.69) is 16.7 Å². The van der Waals surface area contributed by atoms with Gasteiger partial charge in [0.05, 0.1) is 25.3 Å². The van der Waals surface area contributed by atoms with Crippen LogP contribution in [-0.4, -0.2) is 19.1 Å². The van der Waals surface area contributed by atoms with E-state index in [0.717, 1.165) is 16.8 Å². The molecule has 0 aliphatic rings. The minimum atomic E-state index is -0.456. The van der Waals surface area contributed by atoms with E-state index in [1.807, 2.05) is 31.2 Å². The van der Waals surface area contributed by atoms with Crippen LogP contribution in [0.1, 0.15) is 18.1 Å². The second-order valence-electron chi connectivity index (χ2n) is 5.69. The molecule has 0 aromatic heterocycles. The van der Waals surface area contributed by atoms with Gasteiger partial charge in [-0.05, 0) is 43.2 Å². The third-order valence-electron chi connectivity index (χ3n) is 3.75. The number of nitriles is 1. The number of halogens is 1. The number of rotatable bonds is 6. The minimum Gasteiger partial charge on any atom is -0.495 e. The first kappa shape index (κ1) is 18.6. The van der Waals surface area contributed by atoms with Gasteiger partial charge in [-0.1, -0.05) is 23.7 Å². The van der Waals surface area contributed by atoms with Gasteiger partial charge in [0, 0.05) is 16.8 Å². The summed E-state index contributed by atoms with van der Waals surface area (Å²) in [6.07, 6.45) is 0.367. The fourth-order valence-electron chi connectivity index (χ4n) is 2.30. The number of carbonyl (C=O) groups excluding carboxylic acids is 1. The third kappa shape index (κ3) is 4.88. The lowest BCUT2D eigenvalue weighted by Crippen LogP contribution is -2.32. The van der Waals surface area contributed by atoms with Crippen molar-refractivity contribution in [3.8, 4) is 11.8 Å². The SMILES string of the molecule is COc1cc(Cl)c(C)cc1NC(=O)[C@@H](C)Nc1ccc(CC#N)cc1. The van der Waals surface area contributed by atoms with Crippen LogP contribution in [0.3, 0.4) is 0 Å². The second-order valence-corrected chi connectivity index (χ2v) is 6.10. The molecular formula is C19H20ClN3O2. The average molecular weight is 358 g/mol. The maximum Gasteiger partial charge on any atom is 0.246 e. The predicted molar refractivity (Wildman–Crippen MR) is 100 cm³/mol. The van der Waals surface area contributed by atoms with Crippen LogP contribution in [0.5, 0.6) is 5.75 Å². The molecule has 1 amide bonds. The van der Waals surface area contributed by atoms with Crippen molar-refractivity contribution >= 4 is 28.9 Å². The lowest BCUT2D eigenvalue weighted by Gasteiger charge is -2.17. The molecule has 0 radical (unpaired) electrons. The molecule has 0 saturated heterocycles. The van der Waals surface area contributed by atoms with Crippen LogP contribution in [0.25, 0.3) is 0 Å². The summed E-state index contributed by atoms with van der Waals surface area (Å²) >= 11 is 6.08. The Morgan fingerprint density at radius 1 is 1.32 bits per heavy atom. The molecule has 0 heterocycles. The van der Waals surface area contributed by atoms with E-state index in [0.29, 0.717) is 22.9 Å². The quantitative estimate of drug-likeness (QED) is 0.814. The van der Waals surface area contributed by atoms with Gasteiger partial charge >= 0.3 is 0 Å². The molecule has 2 aromatic rings. The molecular weight excluding hydrogens is 338 g/mol. The topological polar surface area (TPSA) is 74.2 Å². The summed E-state index contributed by atoms with van der Waals surface area (Å²) in [6, 6.07) is 12.5. The summed E-state index contributed by atoms with van der Waals surface area (Å²) in [5, 5.41) is 15.3. The van der Waals surface area contributed by atoms with Crippen LogP contribution >= 0.6 is 11.6 Å². The summed E-state index contributed by atoms with van der Waals surface area (Å²) < 4.78 is 5.27. The van der Waals surface area contributed by atoms with Crippen LogP contribution in [0.2, 0.25) is 5.02 Å². The Morgan fingerprint density at radius 2 is 2.00 bits per heavy atom. The largest absolute Gasteiger partial charge is 0.495 e. The Balaban J connectivity index is 2.05. The number of methoxy groups -OCH3 is 1. The molecule has 5 nitrogen and oxygen atoms in total. The number of benzene rings is 2. The minimum absolute atomic E-state index is 0.193. The number of hydrogen-bond acceptors (Lipinski definition) is 4. The summed E-state index contributed by atoms with van der Waals surface area (Å²) in [5.41, 5.74) is 3.18. The molecule has 0 fully saturated rings. The molecule has 2 aromatic carbocycles. The highest BCUT2D eigenvalue weighted by Gasteiger charge is 2.16. The normalized spacial score (nSPS) is 11.3. The fourth-order valence-corrected chi connectivity index (χ4v) is 2.45. The standard InChI is InChI=1S/C19H20ClN3O2/c1-12-10-17(18(25-3)11-16(12)20)23-19(24)13(2)22-15-6-4-14(5-7-15)8-9-21/h4-7,10-11,13,22H,8H2,1-3H3,(H,23,24)/t13-/m1/s1. The first-order valence-electron chi connectivity index (χ1n) is 7.82. The first-order chi connectivity index (χ1) is 11.9. The number of nitrogens with zero attached hydrogens (tertiary/aromatic N) is 1. The molecule has 2 rings (SSSR count). The van der Waals surface area contributed by atoms with Gasteiger partial charge in [0.2, 0.25) is 5.91 Å². The Hall–Kier alpha value is -2.71. The number of carbonyl (C=O) groups is 1. The molecule has 25 heavy (non-hydrogen) atoms. The van der Waals surface area contributed by atoms with Crippen molar-refractivity contribution in [3.63, 3.8) is 0 Å². The van der Waals surface area contributed by atoms with E-state index >= 15 is 0 Å². The van der Waals surface area contributed by atoms with E-state index in [9.17, 15) is 4.79 Å². The maximum atomic E-state index is 12.4. The van der Waals surface area contributed by atoms with Crippen molar-refractivity contribution < 1.29 is 9.53 Å². The van der Waals surface area contributed by atoms with Crippen LogP contribution in [0, 0.1) is 18.3 Å². The molecule has 1 atom stereocenters. The molecule has 0 aliphatic heterocycles. The van der Waals surface area contributed by atoms with Gasteiger partial charge < -0.3 is 15.4 Å². The van der Waals surface area contributed by atoms with Crippen molar-refractivity contribution in [1.29, 1.82) is 5.26 Å². The zero-order valence-corrected chi connectivity index (χ0v) is 15.1. The lowest BCUT2D eigenvalue weighted by atomic mass is 10.1. The van der Waals surface area contributed by atoms with Crippen LogP contribution in [0.4, 0.5) is 11.4 Å². The maximum absolute atomic E-state index is 12.4. The monoisotopic (exact) mass is 357 g/mol. The zero-order valence-electron chi connectivity index (χ0n) is 14.4. The van der Waals surface area contributed by atoms with Crippen LogP contribution in [0.15, 0.2) is 36.4 Å². The number of nitrogens with one attached hydrogen (secondary N) is 2. The van der Waals surface area contributed by atoms with E-state index in [1.165, 1.54) is 7.11 Å². The van der Waals surface area contributed by atoms with Crippen molar-refractivity contribution in [2.75, 3.05) is 17.7 Å². The lowest BCUT2D eigenvalue weighted by molar-refractivity contribution is -0.116. The third-order valence-corrected chi connectivity index (χ3v) is 4.16. The number of anilines is 2. The van der Waals surface area contributed by atoms with Crippen molar-refractivity contribution in [3.05, 3.63) is 52.5 Å². The Labute approximate surface area is 152 Å². The van der Waals surface area contributed by atoms with E-state index in [1.54, 1.807) is 19.1 Å². The van der Waals surface area contributed by atoms with Gasteiger partial charge in [-0.15, -0.1) is 0 Å². The highest BCUT2D eigenvalue weighted by molar-refractivity contribution is 6.31. The summed E-state index contributed by atoms with van der Waals surface area (Å²) in [7, 11) is 1.53.